The van der Waals surface area contributed by atoms with Crippen molar-refractivity contribution in [1.82, 2.24) is 35.8 Å². The highest BCUT2D eigenvalue weighted by atomic mass is 16.5. The zero-order chi connectivity index (χ0) is 29.5. The van der Waals surface area contributed by atoms with E-state index in [-0.39, 0.29) is 48.6 Å². The van der Waals surface area contributed by atoms with Crippen molar-refractivity contribution in [3.63, 3.8) is 0 Å². The molecule has 0 radical (unpaired) electrons. The van der Waals surface area contributed by atoms with Gasteiger partial charge in [0, 0.05) is 37.3 Å². The van der Waals surface area contributed by atoms with E-state index >= 15 is 0 Å². The molecule has 1 aliphatic carbocycles. The Hall–Kier alpha value is -2.54. The zero-order valence-electron chi connectivity index (χ0n) is 25.6. The monoisotopic (exact) mass is 590 g/mol. The van der Waals surface area contributed by atoms with E-state index in [0.29, 0.717) is 25.0 Å². The third-order valence-electron chi connectivity index (χ3n) is 10.8. The molecule has 43 heavy (non-hydrogen) atoms. The number of allylic oxidation sites excluding steroid dienone is 1. The summed E-state index contributed by atoms with van der Waals surface area (Å²) in [5.74, 6) is -0.0415. The minimum Gasteiger partial charge on any atom is -0.359 e. The molecule has 1 aromatic carbocycles. The Morgan fingerprint density at radius 2 is 1.93 bits per heavy atom. The first-order valence-corrected chi connectivity index (χ1v) is 16.3. The van der Waals surface area contributed by atoms with Crippen molar-refractivity contribution in [1.29, 1.82) is 0 Å². The molecule has 5 fully saturated rings. The minimum atomic E-state index is -0.829. The molecule has 8 rings (SSSR count). The van der Waals surface area contributed by atoms with Gasteiger partial charge in [-0.1, -0.05) is 18.2 Å². The Morgan fingerprint density at radius 1 is 1.07 bits per heavy atom. The molecule has 6 unspecified atom stereocenters. The van der Waals surface area contributed by atoms with E-state index in [1.54, 1.807) is 0 Å². The van der Waals surface area contributed by atoms with Gasteiger partial charge in [-0.3, -0.25) is 30.5 Å². The highest BCUT2D eigenvalue weighted by molar-refractivity contribution is 5.85. The third-order valence-corrected chi connectivity index (χ3v) is 10.8. The molecule has 2 bridgehead atoms. The fourth-order valence-electron chi connectivity index (χ4n) is 8.61. The number of benzene rings is 1. The number of fused-ring (bicyclic) bond motifs is 7. The van der Waals surface area contributed by atoms with E-state index < -0.39 is 5.60 Å². The Balaban J connectivity index is 1.04. The second kappa shape index (κ2) is 10.3. The number of morpholine rings is 1. The Kier molecular flexibility index (Phi) is 6.67. The maximum atomic E-state index is 13.8. The molecule has 4 N–H and O–H groups in total. The molecule has 6 aliphatic heterocycles. The zero-order valence-corrected chi connectivity index (χ0v) is 25.6. The smallest absolute Gasteiger partial charge is 0.255 e. The summed E-state index contributed by atoms with van der Waals surface area (Å²) in [5.41, 5.74) is 3.56. The fraction of sp³-hybridized carbons (Fsp3) is 0.688. The number of hydrazine groups is 1. The van der Waals surface area contributed by atoms with Gasteiger partial charge in [-0.05, 0) is 82.7 Å². The largest absolute Gasteiger partial charge is 0.359 e. The molecule has 6 atom stereocenters. The summed E-state index contributed by atoms with van der Waals surface area (Å²) >= 11 is 0. The second-order valence-corrected chi connectivity index (χ2v) is 14.3. The van der Waals surface area contributed by atoms with Gasteiger partial charge in [-0.25, -0.2) is 0 Å². The summed E-state index contributed by atoms with van der Waals surface area (Å²) in [6, 6.07) is 6.86. The van der Waals surface area contributed by atoms with Crippen LogP contribution < -0.4 is 21.3 Å². The van der Waals surface area contributed by atoms with Crippen molar-refractivity contribution in [2.45, 2.75) is 101 Å². The van der Waals surface area contributed by atoms with Gasteiger partial charge >= 0.3 is 0 Å². The number of nitrogens with one attached hydrogen (secondary N) is 4. The average molecular weight is 591 g/mol. The number of amides is 2. The lowest BCUT2D eigenvalue weighted by molar-refractivity contribution is -0.209. The van der Waals surface area contributed by atoms with Gasteiger partial charge in [0.15, 0.2) is 0 Å². The number of hydrogen-bond donors (Lipinski definition) is 4. The standard InChI is InChI=1S/C32H46N8O3/c1-31(2)29(42)38-14-6-4-5-7-15-39-28(41)22-17-33-30(36-26(22)40(39)25-11-10-24(43-31)27(38)35-25)34-21-8-9-23-20(16-21)18-37(3)19-32(23)12-13-32/h5,7-9,16,22,24-27,30,33-36H,4,6,10-15,17-19H2,1-3H3/b7-5-. The van der Waals surface area contributed by atoms with Gasteiger partial charge in [0.2, 0.25) is 5.91 Å². The molecule has 11 heteroatoms. The SMILES string of the molecule is CN1Cc2cc(NC3NCC4C(=O)N5C/C=C\CCCN6C(=O)C(C)(C)OC7CCC(NC76)N5C4N3)ccc2C2(CC2)C1. The van der Waals surface area contributed by atoms with Crippen molar-refractivity contribution < 1.29 is 14.3 Å². The molecule has 2 amide bonds. The van der Waals surface area contributed by atoms with E-state index in [0.717, 1.165) is 44.5 Å². The molecule has 6 heterocycles. The topological polar surface area (TPSA) is 104 Å². The number of likely N-dealkylation sites (N-methyl/N-ethyl adjacent to an activating group) is 1. The van der Waals surface area contributed by atoms with Crippen LogP contribution in [0.2, 0.25) is 0 Å². The van der Waals surface area contributed by atoms with Crippen LogP contribution in [0, 0.1) is 5.92 Å². The highest BCUT2D eigenvalue weighted by Gasteiger charge is 2.55. The van der Waals surface area contributed by atoms with Crippen LogP contribution >= 0.6 is 0 Å². The van der Waals surface area contributed by atoms with E-state index in [1.807, 2.05) is 23.8 Å². The lowest BCUT2D eigenvalue weighted by atomic mass is 9.87. The number of carbonyl (C=O) groups excluding carboxylic acids is 2. The third kappa shape index (κ3) is 4.71. The average Bonchev–Trinajstić information content (AvgIpc) is 3.67. The quantitative estimate of drug-likeness (QED) is 0.381. The minimum absolute atomic E-state index is 0.0308. The number of anilines is 1. The van der Waals surface area contributed by atoms with Gasteiger partial charge in [-0.15, -0.1) is 0 Å². The van der Waals surface area contributed by atoms with Gasteiger partial charge in [0.25, 0.3) is 5.91 Å². The predicted octanol–water partition coefficient (Wildman–Crippen LogP) is 1.45. The van der Waals surface area contributed by atoms with Crippen molar-refractivity contribution >= 4 is 17.5 Å². The van der Waals surface area contributed by atoms with Gasteiger partial charge < -0.3 is 19.9 Å². The summed E-state index contributed by atoms with van der Waals surface area (Å²) in [6.07, 6.45) is 9.48. The molecular weight excluding hydrogens is 544 g/mol. The van der Waals surface area contributed by atoms with Crippen LogP contribution in [0.3, 0.4) is 0 Å². The Labute approximate surface area is 254 Å². The summed E-state index contributed by atoms with van der Waals surface area (Å²) in [6.45, 7) is 7.73. The number of rotatable bonds is 2. The van der Waals surface area contributed by atoms with E-state index in [1.165, 1.54) is 24.0 Å². The maximum absolute atomic E-state index is 13.8. The van der Waals surface area contributed by atoms with Crippen LogP contribution in [-0.4, -0.2) is 101 Å². The predicted molar refractivity (Wildman–Crippen MR) is 162 cm³/mol. The molecule has 11 nitrogen and oxygen atoms in total. The van der Waals surface area contributed by atoms with Gasteiger partial charge in [0.1, 0.15) is 18.1 Å². The lowest BCUT2D eigenvalue weighted by Crippen LogP contribution is -2.74. The van der Waals surface area contributed by atoms with Crippen molar-refractivity contribution in [2.24, 2.45) is 5.92 Å². The van der Waals surface area contributed by atoms with E-state index in [2.05, 4.69) is 68.6 Å². The molecule has 4 saturated heterocycles. The van der Waals surface area contributed by atoms with Crippen LogP contribution in [0.25, 0.3) is 0 Å². The first kappa shape index (κ1) is 28.0. The van der Waals surface area contributed by atoms with Gasteiger partial charge in [-0.2, -0.15) is 5.01 Å². The van der Waals surface area contributed by atoms with E-state index in [9.17, 15) is 9.59 Å². The Morgan fingerprint density at radius 3 is 2.77 bits per heavy atom. The normalized spacial score (nSPS) is 37.6. The first-order chi connectivity index (χ1) is 20.7. The summed E-state index contributed by atoms with van der Waals surface area (Å²) in [7, 11) is 2.22. The van der Waals surface area contributed by atoms with Crippen molar-refractivity contribution in [3.8, 4) is 0 Å². The fourth-order valence-corrected chi connectivity index (χ4v) is 8.61. The number of nitrogens with zero attached hydrogens (tertiary/aromatic N) is 4. The highest BCUT2D eigenvalue weighted by Crippen LogP contribution is 2.52. The second-order valence-electron chi connectivity index (χ2n) is 14.3. The molecular formula is C32H46N8O3. The number of piperidine rings is 1. The van der Waals surface area contributed by atoms with Crippen molar-refractivity contribution in [3.05, 3.63) is 41.5 Å². The maximum Gasteiger partial charge on any atom is 0.255 e. The van der Waals surface area contributed by atoms with Gasteiger partial charge in [0.05, 0.1) is 30.9 Å². The summed E-state index contributed by atoms with van der Waals surface area (Å²) in [4.78, 5) is 31.8. The number of hydrogen-bond acceptors (Lipinski definition) is 9. The number of ether oxygens (including phenoxy) is 1. The van der Waals surface area contributed by atoms with Crippen LogP contribution in [0.1, 0.15) is 63.5 Å². The molecule has 1 aromatic rings. The van der Waals surface area contributed by atoms with Crippen LogP contribution in [0.15, 0.2) is 30.4 Å². The lowest BCUT2D eigenvalue weighted by Gasteiger charge is -2.53. The van der Waals surface area contributed by atoms with Crippen LogP contribution in [-0.2, 0) is 26.3 Å². The molecule has 232 valence electrons. The molecule has 1 spiro atoms. The van der Waals surface area contributed by atoms with Crippen LogP contribution in [0.5, 0.6) is 0 Å². The molecule has 0 aromatic heterocycles. The Bertz CT molecular complexity index is 1330. The van der Waals surface area contributed by atoms with Crippen molar-refractivity contribution in [2.75, 3.05) is 38.5 Å². The summed E-state index contributed by atoms with van der Waals surface area (Å²) < 4.78 is 6.35. The van der Waals surface area contributed by atoms with Crippen LogP contribution in [0.4, 0.5) is 5.69 Å². The first-order valence-electron chi connectivity index (χ1n) is 16.3. The summed E-state index contributed by atoms with van der Waals surface area (Å²) in [5, 5.41) is 18.9. The molecule has 1 saturated carbocycles. The number of carbonyl (C=O) groups is 2. The molecule has 7 aliphatic rings. The van der Waals surface area contributed by atoms with E-state index in [4.69, 9.17) is 4.74 Å².